The van der Waals surface area contributed by atoms with Gasteiger partial charge in [0.05, 0.1) is 18.2 Å². The fourth-order valence-electron chi connectivity index (χ4n) is 2.35. The second-order valence-electron chi connectivity index (χ2n) is 5.52. The molecule has 94 valence electrons. The summed E-state index contributed by atoms with van der Waals surface area (Å²) in [6, 6.07) is 8.98. The molecule has 1 heterocycles. The van der Waals surface area contributed by atoms with Crippen LogP contribution < -0.4 is 5.73 Å². The quantitative estimate of drug-likeness (QED) is 0.897. The molecule has 0 aliphatic heterocycles. The second kappa shape index (κ2) is 3.95. The van der Waals surface area contributed by atoms with E-state index in [9.17, 15) is 0 Å². The number of hydrogen-bond acceptors (Lipinski definition) is 2. The molecule has 0 amide bonds. The zero-order valence-corrected chi connectivity index (χ0v) is 10.9. The number of nitrogens with two attached hydrogens (primary N) is 1. The van der Waals surface area contributed by atoms with Crippen molar-refractivity contribution in [3.05, 3.63) is 42.4 Å². The fraction of sp³-hybridized carbons (Fsp3) is 0.400. The van der Waals surface area contributed by atoms with Gasteiger partial charge in [0.25, 0.3) is 0 Å². The number of benzene rings is 1. The molecule has 18 heavy (non-hydrogen) atoms. The van der Waals surface area contributed by atoms with E-state index in [-0.39, 0.29) is 5.54 Å². The first kappa shape index (κ1) is 11.5. The fourth-order valence-corrected chi connectivity index (χ4v) is 2.35. The lowest BCUT2D eigenvalue weighted by Crippen LogP contribution is -2.18. The first-order valence-corrected chi connectivity index (χ1v) is 6.52. The smallest absolute Gasteiger partial charge is 0.0953 e. The molecule has 2 aromatic rings. The van der Waals surface area contributed by atoms with Crippen LogP contribution in [0.15, 0.2) is 36.8 Å². The van der Waals surface area contributed by atoms with Crippen LogP contribution in [0.4, 0.5) is 0 Å². The van der Waals surface area contributed by atoms with E-state index in [4.69, 9.17) is 5.73 Å². The summed E-state index contributed by atoms with van der Waals surface area (Å²) in [6.45, 7) is 4.33. The van der Waals surface area contributed by atoms with Gasteiger partial charge in [0.15, 0.2) is 0 Å². The van der Waals surface area contributed by atoms with Gasteiger partial charge in [-0.05, 0) is 38.3 Å². The third-order valence-corrected chi connectivity index (χ3v) is 3.74. The van der Waals surface area contributed by atoms with Crippen molar-refractivity contribution in [1.82, 2.24) is 9.55 Å². The first-order chi connectivity index (χ1) is 8.60. The van der Waals surface area contributed by atoms with E-state index in [0.717, 1.165) is 18.5 Å². The maximum atomic E-state index is 6.27. The van der Waals surface area contributed by atoms with Crippen molar-refractivity contribution >= 4 is 0 Å². The van der Waals surface area contributed by atoms with Crippen molar-refractivity contribution in [2.45, 2.75) is 38.3 Å². The van der Waals surface area contributed by atoms with Gasteiger partial charge in [-0.25, -0.2) is 4.98 Å². The van der Waals surface area contributed by atoms with Gasteiger partial charge in [0.2, 0.25) is 0 Å². The second-order valence-corrected chi connectivity index (χ2v) is 5.52. The van der Waals surface area contributed by atoms with E-state index >= 15 is 0 Å². The molecule has 0 saturated heterocycles. The summed E-state index contributed by atoms with van der Waals surface area (Å²) in [6.07, 6.45) is 6.01. The lowest BCUT2D eigenvalue weighted by atomic mass is 10.0. The van der Waals surface area contributed by atoms with Gasteiger partial charge in [-0.3, -0.25) is 0 Å². The Balaban J connectivity index is 2.04. The summed E-state index contributed by atoms with van der Waals surface area (Å²) in [7, 11) is 0. The third-order valence-electron chi connectivity index (χ3n) is 3.74. The summed E-state index contributed by atoms with van der Waals surface area (Å²) in [5.74, 6) is 0. The zero-order chi connectivity index (χ0) is 12.8. The van der Waals surface area contributed by atoms with Gasteiger partial charge in [-0.2, -0.15) is 0 Å². The molecule has 1 aliphatic carbocycles. The van der Waals surface area contributed by atoms with Crippen LogP contribution in [0.1, 0.15) is 38.3 Å². The molecule has 3 nitrogen and oxygen atoms in total. The molecule has 1 fully saturated rings. The lowest BCUT2D eigenvalue weighted by molar-refractivity contribution is 0.605. The van der Waals surface area contributed by atoms with Crippen LogP contribution in [-0.2, 0) is 5.54 Å². The molecule has 3 heteroatoms. The minimum atomic E-state index is -0.0707. The van der Waals surface area contributed by atoms with Gasteiger partial charge in [-0.15, -0.1) is 0 Å². The van der Waals surface area contributed by atoms with Crippen LogP contribution >= 0.6 is 0 Å². The predicted octanol–water partition coefficient (Wildman–Crippen LogP) is 3.08. The predicted molar refractivity (Wildman–Crippen MR) is 73.1 cm³/mol. The minimum Gasteiger partial charge on any atom is -0.328 e. The Labute approximate surface area is 108 Å². The molecule has 0 unspecified atom stereocenters. The third kappa shape index (κ3) is 1.85. The molecule has 0 spiro atoms. The van der Waals surface area contributed by atoms with Gasteiger partial charge < -0.3 is 10.3 Å². The zero-order valence-electron chi connectivity index (χ0n) is 10.9. The van der Waals surface area contributed by atoms with Gasteiger partial charge in [-0.1, -0.05) is 18.2 Å². The number of nitrogens with zero attached hydrogens (tertiary/aromatic N) is 2. The molecule has 0 radical (unpaired) electrons. The standard InChI is InChI=1S/C15H19N3/c1-11(2)18-10-17-9-14(18)12-4-3-5-13(8-12)15(16)6-7-15/h3-5,8-11H,6-7,16H2,1-2H3. The highest BCUT2D eigenvalue weighted by molar-refractivity contribution is 5.61. The Kier molecular flexibility index (Phi) is 2.52. The lowest BCUT2D eigenvalue weighted by Gasteiger charge is -2.14. The van der Waals surface area contributed by atoms with E-state index in [0.29, 0.717) is 6.04 Å². The Bertz CT molecular complexity index is 565. The van der Waals surface area contributed by atoms with Gasteiger partial charge in [0.1, 0.15) is 0 Å². The van der Waals surface area contributed by atoms with Crippen molar-refractivity contribution in [2.75, 3.05) is 0 Å². The largest absolute Gasteiger partial charge is 0.328 e. The normalized spacial score (nSPS) is 17.1. The van der Waals surface area contributed by atoms with Crippen LogP contribution in [0.2, 0.25) is 0 Å². The van der Waals surface area contributed by atoms with Gasteiger partial charge in [0, 0.05) is 17.1 Å². The summed E-state index contributed by atoms with van der Waals surface area (Å²) in [5, 5.41) is 0. The number of hydrogen-bond donors (Lipinski definition) is 1. The molecule has 1 aliphatic rings. The van der Waals surface area contributed by atoms with Crippen LogP contribution in [0.25, 0.3) is 11.3 Å². The molecular weight excluding hydrogens is 222 g/mol. The molecule has 3 rings (SSSR count). The number of imidazole rings is 1. The Morgan fingerprint density at radius 1 is 1.33 bits per heavy atom. The maximum absolute atomic E-state index is 6.27. The summed E-state index contributed by atoms with van der Waals surface area (Å²) < 4.78 is 2.19. The SMILES string of the molecule is CC(C)n1cncc1-c1cccc(C2(N)CC2)c1. The van der Waals surface area contributed by atoms with Crippen molar-refractivity contribution in [2.24, 2.45) is 5.73 Å². The van der Waals surface area contributed by atoms with Crippen molar-refractivity contribution in [1.29, 1.82) is 0 Å². The highest BCUT2D eigenvalue weighted by Gasteiger charge is 2.39. The summed E-state index contributed by atoms with van der Waals surface area (Å²) in [5.41, 5.74) is 9.81. The topological polar surface area (TPSA) is 43.8 Å². The molecule has 0 atom stereocenters. The highest BCUT2D eigenvalue weighted by atomic mass is 15.1. The van der Waals surface area contributed by atoms with Crippen LogP contribution in [-0.4, -0.2) is 9.55 Å². The summed E-state index contributed by atoms with van der Waals surface area (Å²) >= 11 is 0. The molecule has 0 bridgehead atoms. The van der Waals surface area contributed by atoms with Crippen LogP contribution in [0.3, 0.4) is 0 Å². The summed E-state index contributed by atoms with van der Waals surface area (Å²) in [4.78, 5) is 4.26. The molecule has 1 saturated carbocycles. The van der Waals surface area contributed by atoms with E-state index in [1.165, 1.54) is 11.1 Å². The molecule has 1 aromatic carbocycles. The Hall–Kier alpha value is -1.61. The van der Waals surface area contributed by atoms with Gasteiger partial charge >= 0.3 is 0 Å². The van der Waals surface area contributed by atoms with E-state index in [2.05, 4.69) is 47.7 Å². The van der Waals surface area contributed by atoms with Crippen molar-refractivity contribution in [3.63, 3.8) is 0 Å². The molecule has 1 aromatic heterocycles. The van der Waals surface area contributed by atoms with E-state index in [1.54, 1.807) is 0 Å². The Morgan fingerprint density at radius 2 is 2.11 bits per heavy atom. The van der Waals surface area contributed by atoms with Crippen molar-refractivity contribution in [3.8, 4) is 11.3 Å². The molecular formula is C15H19N3. The number of rotatable bonds is 3. The first-order valence-electron chi connectivity index (χ1n) is 6.52. The number of aromatic nitrogens is 2. The maximum Gasteiger partial charge on any atom is 0.0953 e. The van der Waals surface area contributed by atoms with E-state index < -0.39 is 0 Å². The Morgan fingerprint density at radius 3 is 2.78 bits per heavy atom. The molecule has 2 N–H and O–H groups in total. The average Bonchev–Trinajstić information content (AvgIpc) is 2.94. The van der Waals surface area contributed by atoms with Crippen LogP contribution in [0, 0.1) is 0 Å². The average molecular weight is 241 g/mol. The van der Waals surface area contributed by atoms with Crippen LogP contribution in [0.5, 0.6) is 0 Å². The minimum absolute atomic E-state index is 0.0707. The monoisotopic (exact) mass is 241 g/mol. The van der Waals surface area contributed by atoms with E-state index in [1.807, 2.05) is 12.5 Å². The van der Waals surface area contributed by atoms with Crippen molar-refractivity contribution < 1.29 is 0 Å². The highest BCUT2D eigenvalue weighted by Crippen LogP contribution is 2.43.